The molecule has 14 heavy (non-hydrogen) atoms. The van der Waals surface area contributed by atoms with Crippen LogP contribution in [0.15, 0.2) is 17.5 Å². The maximum Gasteiger partial charge on any atom is 0.0610 e. The summed E-state index contributed by atoms with van der Waals surface area (Å²) in [4.78, 5) is 1.32. The van der Waals surface area contributed by atoms with Crippen molar-refractivity contribution < 1.29 is 5.11 Å². The molecule has 0 amide bonds. The minimum absolute atomic E-state index is 0.126. The van der Waals surface area contributed by atoms with Crippen molar-refractivity contribution in [2.24, 2.45) is 0 Å². The molecule has 1 atom stereocenters. The largest absolute Gasteiger partial charge is 0.394 e. The van der Waals surface area contributed by atoms with E-state index < -0.39 is 0 Å². The van der Waals surface area contributed by atoms with Crippen LogP contribution in [0.2, 0.25) is 0 Å². The number of rotatable bonds is 6. The molecule has 1 heterocycles. The van der Waals surface area contributed by atoms with Gasteiger partial charge in [0.2, 0.25) is 0 Å². The summed E-state index contributed by atoms with van der Waals surface area (Å²) < 4.78 is 0. The van der Waals surface area contributed by atoms with Crippen LogP contribution in [0, 0.1) is 0 Å². The van der Waals surface area contributed by atoms with E-state index in [4.69, 9.17) is 0 Å². The molecule has 2 nitrogen and oxygen atoms in total. The van der Waals surface area contributed by atoms with Crippen LogP contribution in [-0.4, -0.2) is 17.3 Å². The first-order chi connectivity index (χ1) is 6.70. The van der Waals surface area contributed by atoms with E-state index in [0.29, 0.717) is 0 Å². The monoisotopic (exact) mass is 213 g/mol. The van der Waals surface area contributed by atoms with Gasteiger partial charge in [-0.05, 0) is 24.8 Å². The Bertz CT molecular complexity index is 248. The Balaban J connectivity index is 2.41. The van der Waals surface area contributed by atoms with Crippen molar-refractivity contribution in [2.75, 3.05) is 6.61 Å². The van der Waals surface area contributed by atoms with Crippen LogP contribution >= 0.6 is 11.3 Å². The zero-order chi connectivity index (χ0) is 10.4. The summed E-state index contributed by atoms with van der Waals surface area (Å²) in [5.74, 6) is 0. The second kappa shape index (κ2) is 5.49. The Hall–Kier alpha value is -0.380. The van der Waals surface area contributed by atoms with Crippen molar-refractivity contribution in [3.63, 3.8) is 0 Å². The summed E-state index contributed by atoms with van der Waals surface area (Å²) in [7, 11) is 0. The van der Waals surface area contributed by atoms with E-state index in [1.807, 2.05) is 0 Å². The standard InChI is InChI=1S/C11H19NOS/c1-3-6-11(2,9-13)12-8-10-5-4-7-14-10/h4-5,7,12-13H,3,6,8-9H2,1-2H3. The van der Waals surface area contributed by atoms with Crippen molar-refractivity contribution >= 4 is 11.3 Å². The highest BCUT2D eigenvalue weighted by Gasteiger charge is 2.20. The SMILES string of the molecule is CCCC(C)(CO)NCc1cccs1. The van der Waals surface area contributed by atoms with Gasteiger partial charge in [0.15, 0.2) is 0 Å². The van der Waals surface area contributed by atoms with Crippen LogP contribution in [0.25, 0.3) is 0 Å². The summed E-state index contributed by atoms with van der Waals surface area (Å²) in [6, 6.07) is 4.17. The molecule has 1 rings (SSSR count). The third-order valence-electron chi connectivity index (χ3n) is 2.42. The summed E-state index contributed by atoms with van der Waals surface area (Å²) in [5, 5.41) is 14.8. The van der Waals surface area contributed by atoms with E-state index >= 15 is 0 Å². The van der Waals surface area contributed by atoms with Crippen molar-refractivity contribution in [3.8, 4) is 0 Å². The van der Waals surface area contributed by atoms with Gasteiger partial charge in [-0.2, -0.15) is 0 Å². The molecule has 1 aromatic rings. The van der Waals surface area contributed by atoms with Crippen molar-refractivity contribution in [2.45, 2.75) is 38.8 Å². The molecule has 0 aliphatic carbocycles. The van der Waals surface area contributed by atoms with Crippen LogP contribution in [0.5, 0.6) is 0 Å². The van der Waals surface area contributed by atoms with Gasteiger partial charge in [0.05, 0.1) is 6.61 Å². The van der Waals surface area contributed by atoms with Gasteiger partial charge >= 0.3 is 0 Å². The molecule has 80 valence electrons. The molecular weight excluding hydrogens is 194 g/mol. The van der Waals surface area contributed by atoms with Gasteiger partial charge in [-0.3, -0.25) is 0 Å². The predicted molar refractivity (Wildman–Crippen MR) is 61.6 cm³/mol. The zero-order valence-electron chi connectivity index (χ0n) is 8.92. The van der Waals surface area contributed by atoms with E-state index in [1.165, 1.54) is 4.88 Å². The maximum absolute atomic E-state index is 9.29. The van der Waals surface area contributed by atoms with E-state index in [-0.39, 0.29) is 12.1 Å². The number of thiophene rings is 1. The minimum atomic E-state index is -0.126. The molecule has 0 saturated heterocycles. The molecule has 0 spiro atoms. The molecule has 0 fully saturated rings. The molecular formula is C11H19NOS. The fourth-order valence-corrected chi connectivity index (χ4v) is 2.13. The van der Waals surface area contributed by atoms with Crippen molar-refractivity contribution in [1.82, 2.24) is 5.32 Å². The van der Waals surface area contributed by atoms with E-state index in [1.54, 1.807) is 11.3 Å². The number of nitrogens with one attached hydrogen (secondary N) is 1. The Labute approximate surface area is 90.0 Å². The average molecular weight is 213 g/mol. The van der Waals surface area contributed by atoms with Crippen LogP contribution in [0.1, 0.15) is 31.6 Å². The number of hydrogen-bond donors (Lipinski definition) is 2. The lowest BCUT2D eigenvalue weighted by atomic mass is 9.97. The van der Waals surface area contributed by atoms with E-state index in [2.05, 4.69) is 36.7 Å². The molecule has 0 aliphatic rings. The fourth-order valence-electron chi connectivity index (χ4n) is 1.49. The Morgan fingerprint density at radius 3 is 2.86 bits per heavy atom. The third kappa shape index (κ3) is 3.40. The van der Waals surface area contributed by atoms with Crippen LogP contribution in [0.4, 0.5) is 0 Å². The van der Waals surface area contributed by atoms with Crippen LogP contribution in [-0.2, 0) is 6.54 Å². The summed E-state index contributed by atoms with van der Waals surface area (Å²) in [5.41, 5.74) is -0.126. The lowest BCUT2D eigenvalue weighted by Gasteiger charge is -2.28. The highest BCUT2D eigenvalue weighted by molar-refractivity contribution is 7.09. The summed E-state index contributed by atoms with van der Waals surface area (Å²) in [6.07, 6.45) is 2.10. The number of aliphatic hydroxyl groups excluding tert-OH is 1. The molecule has 0 aromatic carbocycles. The minimum Gasteiger partial charge on any atom is -0.394 e. The second-order valence-electron chi connectivity index (χ2n) is 3.90. The third-order valence-corrected chi connectivity index (χ3v) is 3.30. The normalized spacial score (nSPS) is 15.4. The summed E-state index contributed by atoms with van der Waals surface area (Å²) >= 11 is 1.75. The highest BCUT2D eigenvalue weighted by Crippen LogP contribution is 2.14. The second-order valence-corrected chi connectivity index (χ2v) is 4.93. The Kier molecular flexibility index (Phi) is 4.58. The highest BCUT2D eigenvalue weighted by atomic mass is 32.1. The lowest BCUT2D eigenvalue weighted by molar-refractivity contribution is 0.163. The van der Waals surface area contributed by atoms with Gasteiger partial charge in [-0.15, -0.1) is 11.3 Å². The zero-order valence-corrected chi connectivity index (χ0v) is 9.73. The van der Waals surface area contributed by atoms with Gasteiger partial charge in [-0.25, -0.2) is 0 Å². The molecule has 0 bridgehead atoms. The topological polar surface area (TPSA) is 32.3 Å². The predicted octanol–water partition coefficient (Wildman–Crippen LogP) is 2.39. The molecule has 1 unspecified atom stereocenters. The first-order valence-electron chi connectivity index (χ1n) is 5.08. The Morgan fingerprint density at radius 1 is 1.57 bits per heavy atom. The smallest absolute Gasteiger partial charge is 0.0610 e. The van der Waals surface area contributed by atoms with Gasteiger partial charge < -0.3 is 10.4 Å². The first kappa shape index (κ1) is 11.7. The number of hydrogen-bond acceptors (Lipinski definition) is 3. The first-order valence-corrected chi connectivity index (χ1v) is 5.96. The van der Waals surface area contributed by atoms with E-state index in [0.717, 1.165) is 19.4 Å². The van der Waals surface area contributed by atoms with Crippen LogP contribution in [0.3, 0.4) is 0 Å². The number of aliphatic hydroxyl groups is 1. The van der Waals surface area contributed by atoms with E-state index in [9.17, 15) is 5.11 Å². The van der Waals surface area contributed by atoms with Crippen molar-refractivity contribution in [1.29, 1.82) is 0 Å². The van der Waals surface area contributed by atoms with Gasteiger partial charge in [0, 0.05) is 17.0 Å². The molecule has 3 heteroatoms. The molecule has 2 N–H and O–H groups in total. The Morgan fingerprint density at radius 2 is 2.36 bits per heavy atom. The maximum atomic E-state index is 9.29. The molecule has 0 saturated carbocycles. The quantitative estimate of drug-likeness (QED) is 0.760. The molecule has 0 radical (unpaired) electrons. The summed E-state index contributed by atoms with van der Waals surface area (Å²) in [6.45, 7) is 5.27. The molecule has 0 aliphatic heterocycles. The van der Waals surface area contributed by atoms with Gasteiger partial charge in [0.25, 0.3) is 0 Å². The fraction of sp³-hybridized carbons (Fsp3) is 0.636. The lowest BCUT2D eigenvalue weighted by Crippen LogP contribution is -2.44. The average Bonchev–Trinajstić information content (AvgIpc) is 2.68. The van der Waals surface area contributed by atoms with Gasteiger partial charge in [-0.1, -0.05) is 19.4 Å². The molecule has 1 aromatic heterocycles. The van der Waals surface area contributed by atoms with Crippen LogP contribution < -0.4 is 5.32 Å². The van der Waals surface area contributed by atoms with Gasteiger partial charge in [0.1, 0.15) is 0 Å². The van der Waals surface area contributed by atoms with Crippen molar-refractivity contribution in [3.05, 3.63) is 22.4 Å².